The first-order valence-corrected chi connectivity index (χ1v) is 12.7. The van der Waals surface area contributed by atoms with Crippen molar-refractivity contribution in [3.63, 3.8) is 0 Å². The van der Waals surface area contributed by atoms with Crippen LogP contribution in [0.1, 0.15) is 35.7 Å². The molecule has 8 N–H and O–H groups in total. The maximum Gasteiger partial charge on any atom is 0.255 e. The number of nitrogens with two attached hydrogens (primary N) is 1. The number of aliphatic hydroxyl groups excluding tert-OH is 3. The molecule has 0 spiro atoms. The van der Waals surface area contributed by atoms with E-state index in [1.807, 2.05) is 0 Å². The molecule has 1 aromatic carbocycles. The predicted octanol–water partition coefficient (Wildman–Crippen LogP) is -0.459. The molecule has 3 aliphatic carbocycles. The summed E-state index contributed by atoms with van der Waals surface area (Å²) in [6.07, 6.45) is -1.68. The smallest absolute Gasteiger partial charge is 0.255 e. The van der Waals surface area contributed by atoms with Gasteiger partial charge in [0.1, 0.15) is 17.1 Å². The Hall–Kier alpha value is -3.78. The average molecular weight is 559 g/mol. The van der Waals surface area contributed by atoms with Gasteiger partial charge in [-0.25, -0.2) is 0 Å². The van der Waals surface area contributed by atoms with E-state index in [2.05, 4.69) is 5.32 Å². The van der Waals surface area contributed by atoms with Gasteiger partial charge in [0.15, 0.2) is 17.1 Å². The van der Waals surface area contributed by atoms with E-state index < -0.39 is 93.3 Å². The summed E-state index contributed by atoms with van der Waals surface area (Å²) in [6.45, 7) is 3.27. The number of phenols is 1. The molecule has 216 valence electrons. The zero-order chi connectivity index (χ0) is 30.2. The number of hydrogen-bond donors (Lipinski definition) is 7. The third kappa shape index (κ3) is 3.84. The minimum absolute atomic E-state index is 0.0743. The summed E-state index contributed by atoms with van der Waals surface area (Å²) in [6, 6.07) is 1.01. The topological polar surface area (TPSA) is 214 Å². The van der Waals surface area contributed by atoms with Gasteiger partial charge in [0.2, 0.25) is 11.7 Å². The van der Waals surface area contributed by atoms with Crippen LogP contribution in [0.2, 0.25) is 0 Å². The Bertz CT molecular complexity index is 1400. The lowest BCUT2D eigenvalue weighted by Gasteiger charge is -2.53. The minimum Gasteiger partial charge on any atom is -0.510 e. The molecule has 0 radical (unpaired) electrons. The Morgan fingerprint density at radius 3 is 2.23 bits per heavy atom. The Labute approximate surface area is 230 Å². The lowest BCUT2D eigenvalue weighted by Crippen LogP contribution is -2.68. The number of anilines is 1. The van der Waals surface area contributed by atoms with E-state index in [1.165, 1.54) is 31.1 Å². The summed E-state index contributed by atoms with van der Waals surface area (Å²) in [5.74, 6) is -10.2. The van der Waals surface area contributed by atoms with Crippen molar-refractivity contribution in [2.45, 2.75) is 43.6 Å². The molecule has 40 heavy (non-hydrogen) atoms. The molecule has 0 heterocycles. The van der Waals surface area contributed by atoms with Crippen LogP contribution in [0, 0.1) is 11.8 Å². The Balaban J connectivity index is 1.93. The zero-order valence-corrected chi connectivity index (χ0v) is 23.0. The van der Waals surface area contributed by atoms with E-state index >= 15 is 0 Å². The second kappa shape index (κ2) is 9.70. The molecule has 4 rings (SSSR count). The lowest BCUT2D eigenvalue weighted by atomic mass is 9.55. The fourth-order valence-electron chi connectivity index (χ4n) is 6.20. The van der Waals surface area contributed by atoms with Crippen molar-refractivity contribution in [1.29, 1.82) is 0 Å². The maximum atomic E-state index is 13.9. The molecule has 0 aromatic heterocycles. The number of likely N-dealkylation sites (N-methyl/N-ethyl adjacent to an activating group) is 2. The summed E-state index contributed by atoms with van der Waals surface area (Å²) in [7, 11) is 6.31. The average Bonchev–Trinajstić information content (AvgIpc) is 2.86. The number of amides is 2. The molecule has 13 nitrogen and oxygen atoms in total. The quantitative estimate of drug-likeness (QED) is 0.181. The predicted molar refractivity (Wildman–Crippen MR) is 142 cm³/mol. The van der Waals surface area contributed by atoms with Crippen molar-refractivity contribution in [2.24, 2.45) is 17.6 Å². The van der Waals surface area contributed by atoms with Crippen molar-refractivity contribution >= 4 is 29.1 Å². The van der Waals surface area contributed by atoms with Crippen LogP contribution >= 0.6 is 0 Å². The van der Waals surface area contributed by atoms with Gasteiger partial charge in [0, 0.05) is 11.5 Å². The monoisotopic (exact) mass is 558 g/mol. The number of fused-ring (bicyclic) bond motifs is 3. The standard InChI is InChI=1S/C27H34N4O9/c1-9-11-7-8-12(29-26(39)10(2)30(3)4)19(32)14(11)20(33)15-13(9)21(34)17-18(31(5)6)22(35)16(25(28)38)24(37)27(17,40)23(15)36/h7-10,13,17-18,21,32,34-36,40H,1-6H3,(H2,28,38)(H,29,39)/t9?,10?,13?,17?,18-,21?,27-/m0/s1. The lowest BCUT2D eigenvalue weighted by molar-refractivity contribution is -0.162. The highest BCUT2D eigenvalue weighted by atomic mass is 16.4. The van der Waals surface area contributed by atoms with E-state index in [1.54, 1.807) is 32.8 Å². The summed E-state index contributed by atoms with van der Waals surface area (Å²) >= 11 is 0. The van der Waals surface area contributed by atoms with Gasteiger partial charge in [-0.3, -0.25) is 29.0 Å². The molecular weight excluding hydrogens is 524 g/mol. The van der Waals surface area contributed by atoms with Crippen molar-refractivity contribution in [1.82, 2.24) is 9.80 Å². The number of primary amides is 1. The highest BCUT2D eigenvalue weighted by Crippen LogP contribution is 2.56. The van der Waals surface area contributed by atoms with Gasteiger partial charge < -0.3 is 36.6 Å². The second-order valence-electron chi connectivity index (χ2n) is 11.1. The van der Waals surface area contributed by atoms with Gasteiger partial charge in [-0.05, 0) is 52.7 Å². The number of Topliss-reactive ketones (excluding diaryl/α,β-unsaturated/α-hetero) is 2. The van der Waals surface area contributed by atoms with Crippen LogP contribution in [0.4, 0.5) is 5.69 Å². The number of aromatic hydroxyl groups is 1. The van der Waals surface area contributed by atoms with Crippen LogP contribution in [0.3, 0.4) is 0 Å². The van der Waals surface area contributed by atoms with Crippen LogP contribution in [-0.4, -0.2) is 111 Å². The largest absolute Gasteiger partial charge is 0.510 e. The number of aliphatic hydroxyl groups is 4. The van der Waals surface area contributed by atoms with Crippen molar-refractivity contribution in [3.8, 4) is 5.75 Å². The molecule has 0 fully saturated rings. The fourth-order valence-corrected chi connectivity index (χ4v) is 6.20. The summed E-state index contributed by atoms with van der Waals surface area (Å²) in [5, 5.41) is 59.3. The molecule has 3 aliphatic rings. The van der Waals surface area contributed by atoms with Gasteiger partial charge >= 0.3 is 0 Å². The highest BCUT2D eigenvalue weighted by Gasteiger charge is 2.67. The SMILES string of the molecule is CC1c2ccc(NC(=O)C(C)N(C)C)c(O)c2C(=O)C2=C(O)[C@]3(O)C(=O)C(C(N)=O)=C(O)[C@@H](N(C)C)C3C(O)C21. The van der Waals surface area contributed by atoms with Gasteiger partial charge in [-0.15, -0.1) is 0 Å². The third-order valence-electron chi connectivity index (χ3n) is 8.54. The zero-order valence-electron chi connectivity index (χ0n) is 23.0. The van der Waals surface area contributed by atoms with Crippen molar-refractivity contribution in [2.75, 3.05) is 33.5 Å². The number of benzene rings is 1. The molecule has 0 bridgehead atoms. The van der Waals surface area contributed by atoms with E-state index in [9.17, 15) is 44.7 Å². The van der Waals surface area contributed by atoms with Crippen LogP contribution in [0.15, 0.2) is 34.8 Å². The molecule has 0 aliphatic heterocycles. The minimum atomic E-state index is -2.99. The summed E-state index contributed by atoms with van der Waals surface area (Å²) < 4.78 is 0. The maximum absolute atomic E-state index is 13.9. The molecule has 0 saturated carbocycles. The Kier molecular flexibility index (Phi) is 7.08. The van der Waals surface area contributed by atoms with E-state index in [0.29, 0.717) is 5.56 Å². The normalized spacial score (nSPS) is 30.7. The number of phenolic OH excluding ortho intramolecular Hbond substituents is 1. The number of carbonyl (C=O) groups is 4. The van der Waals surface area contributed by atoms with Gasteiger partial charge in [-0.1, -0.05) is 13.0 Å². The first-order chi connectivity index (χ1) is 18.5. The second-order valence-corrected chi connectivity index (χ2v) is 11.1. The van der Waals surface area contributed by atoms with Crippen LogP contribution in [0.25, 0.3) is 0 Å². The van der Waals surface area contributed by atoms with Gasteiger partial charge in [0.25, 0.3) is 5.91 Å². The van der Waals surface area contributed by atoms with Crippen LogP contribution < -0.4 is 11.1 Å². The highest BCUT2D eigenvalue weighted by molar-refractivity contribution is 6.25. The Morgan fingerprint density at radius 2 is 1.70 bits per heavy atom. The van der Waals surface area contributed by atoms with Crippen molar-refractivity contribution in [3.05, 3.63) is 45.9 Å². The van der Waals surface area contributed by atoms with Gasteiger partial charge in [-0.2, -0.15) is 0 Å². The molecule has 13 heteroatoms. The first kappa shape index (κ1) is 29.2. The van der Waals surface area contributed by atoms with Crippen LogP contribution in [-0.2, 0) is 14.4 Å². The number of nitrogens with zero attached hydrogens (tertiary/aromatic N) is 2. The number of rotatable bonds is 5. The summed E-state index contributed by atoms with van der Waals surface area (Å²) in [5.41, 5.74) is 0.788. The summed E-state index contributed by atoms with van der Waals surface area (Å²) in [4.78, 5) is 55.0. The molecule has 7 atom stereocenters. The Morgan fingerprint density at radius 1 is 1.10 bits per heavy atom. The third-order valence-corrected chi connectivity index (χ3v) is 8.54. The van der Waals surface area contributed by atoms with E-state index in [0.717, 1.165) is 0 Å². The number of carbonyl (C=O) groups excluding carboxylic acids is 4. The fraction of sp³-hybridized carbons (Fsp3) is 0.481. The number of ketones is 2. The van der Waals surface area contributed by atoms with Crippen LogP contribution in [0.5, 0.6) is 5.75 Å². The molecular formula is C27H34N4O9. The molecule has 1 aromatic rings. The van der Waals surface area contributed by atoms with E-state index in [-0.39, 0.29) is 11.3 Å². The van der Waals surface area contributed by atoms with Gasteiger partial charge in [0.05, 0.1) is 35.4 Å². The molecule has 0 saturated heterocycles. The number of nitrogens with one attached hydrogen (secondary N) is 1. The molecule has 5 unspecified atom stereocenters. The number of hydrogen-bond acceptors (Lipinski definition) is 11. The van der Waals surface area contributed by atoms with E-state index in [4.69, 9.17) is 5.73 Å². The molecule has 2 amide bonds. The van der Waals surface area contributed by atoms with Crippen molar-refractivity contribution < 1.29 is 44.7 Å². The first-order valence-electron chi connectivity index (χ1n) is 12.7.